The minimum absolute atomic E-state index is 0.0270. The molecule has 3 rings (SSSR count). The highest BCUT2D eigenvalue weighted by Crippen LogP contribution is 2.49. The highest BCUT2D eigenvalue weighted by atomic mass is 16.6. The number of ketones is 1. The molecule has 0 amide bonds. The fourth-order valence-electron chi connectivity index (χ4n) is 2.17. The van der Waals surface area contributed by atoms with Crippen molar-refractivity contribution in [1.29, 1.82) is 0 Å². The second-order valence-corrected chi connectivity index (χ2v) is 4.13. The topological polar surface area (TPSA) is 38.8 Å². The second-order valence-electron chi connectivity index (χ2n) is 4.13. The lowest BCUT2D eigenvalue weighted by molar-refractivity contribution is 0.101. The molecule has 0 saturated carbocycles. The number of allylic oxidation sites excluding steroid dienone is 1. The average Bonchev–Trinajstić information content (AvgIpc) is 3.14. The van der Waals surface area contributed by atoms with Crippen molar-refractivity contribution in [3.8, 4) is 0 Å². The van der Waals surface area contributed by atoms with Crippen LogP contribution in [0.2, 0.25) is 0 Å². The van der Waals surface area contributed by atoms with Gasteiger partial charge in [-0.2, -0.15) is 0 Å². The number of rotatable bonds is 3. The van der Waals surface area contributed by atoms with Crippen LogP contribution in [-0.2, 0) is 15.1 Å². The summed E-state index contributed by atoms with van der Waals surface area (Å²) in [5.41, 5.74) is 1.09. The Kier molecular flexibility index (Phi) is 2.16. The first-order valence-electron chi connectivity index (χ1n) is 5.51. The molecule has 0 N–H and O–H groups in total. The molecule has 3 heteroatoms. The van der Waals surface area contributed by atoms with Crippen LogP contribution in [0.5, 0.6) is 0 Å². The maximum atomic E-state index is 11.9. The number of hydrogen-bond acceptors (Lipinski definition) is 3. The predicted octanol–water partition coefficient (Wildman–Crippen LogP) is 2.19. The monoisotopic (exact) mass is 228 g/mol. The lowest BCUT2D eigenvalue weighted by Crippen LogP contribution is -2.24. The van der Waals surface area contributed by atoms with Gasteiger partial charge in [-0.15, -0.1) is 0 Å². The summed E-state index contributed by atoms with van der Waals surface area (Å²) in [5, 5.41) is 0. The zero-order valence-corrected chi connectivity index (χ0v) is 9.31. The van der Waals surface area contributed by atoms with Gasteiger partial charge in [-0.3, -0.25) is 4.79 Å². The molecule has 1 saturated heterocycles. The zero-order valence-electron chi connectivity index (χ0n) is 9.31. The van der Waals surface area contributed by atoms with Gasteiger partial charge in [0.1, 0.15) is 12.4 Å². The molecular weight excluding hydrogens is 216 g/mol. The van der Waals surface area contributed by atoms with Crippen LogP contribution in [0.3, 0.4) is 0 Å². The zero-order chi connectivity index (χ0) is 11.9. The minimum atomic E-state index is -0.520. The lowest BCUT2D eigenvalue weighted by atomic mass is 9.86. The summed E-state index contributed by atoms with van der Waals surface area (Å²) >= 11 is 0. The van der Waals surface area contributed by atoms with Crippen molar-refractivity contribution in [1.82, 2.24) is 0 Å². The largest absolute Gasteiger partial charge is 0.490 e. The van der Waals surface area contributed by atoms with Crippen molar-refractivity contribution in [2.24, 2.45) is 0 Å². The second kappa shape index (κ2) is 3.57. The highest BCUT2D eigenvalue weighted by molar-refractivity contribution is 6.08. The summed E-state index contributed by atoms with van der Waals surface area (Å²) in [5.74, 6) is 0.571. The molecule has 86 valence electrons. The maximum Gasteiger partial charge on any atom is 0.189 e. The molecule has 0 radical (unpaired) electrons. The van der Waals surface area contributed by atoms with Crippen molar-refractivity contribution in [2.45, 2.75) is 5.60 Å². The van der Waals surface area contributed by atoms with Gasteiger partial charge in [-0.25, -0.2) is 0 Å². The third-order valence-electron chi connectivity index (χ3n) is 3.08. The van der Waals surface area contributed by atoms with Gasteiger partial charge in [0, 0.05) is 17.2 Å². The molecule has 0 aromatic heterocycles. The molecular formula is C14H12O3. The molecule has 3 nitrogen and oxygen atoms in total. The van der Waals surface area contributed by atoms with E-state index in [4.69, 9.17) is 9.47 Å². The summed E-state index contributed by atoms with van der Waals surface area (Å²) in [4.78, 5) is 11.9. The summed E-state index contributed by atoms with van der Waals surface area (Å²) in [6.07, 6.45) is 3.18. The molecule has 1 aromatic carbocycles. The molecule has 1 fully saturated rings. The molecule has 2 aliphatic rings. The van der Waals surface area contributed by atoms with Crippen molar-refractivity contribution < 1.29 is 14.3 Å². The van der Waals surface area contributed by atoms with Gasteiger partial charge in [0.25, 0.3) is 0 Å². The lowest BCUT2D eigenvalue weighted by Gasteiger charge is -2.23. The van der Waals surface area contributed by atoms with Crippen LogP contribution in [0.15, 0.2) is 48.8 Å². The van der Waals surface area contributed by atoms with Gasteiger partial charge < -0.3 is 9.47 Å². The van der Waals surface area contributed by atoms with Crippen molar-refractivity contribution in [3.63, 3.8) is 0 Å². The van der Waals surface area contributed by atoms with E-state index in [0.29, 0.717) is 24.5 Å². The number of fused-ring (bicyclic) bond motifs is 2. The Morgan fingerprint density at radius 2 is 2.24 bits per heavy atom. The highest BCUT2D eigenvalue weighted by Gasteiger charge is 2.55. The van der Waals surface area contributed by atoms with Gasteiger partial charge in [-0.05, 0) is 0 Å². The molecule has 17 heavy (non-hydrogen) atoms. The Labute approximate surface area is 99.3 Å². The van der Waals surface area contributed by atoms with Gasteiger partial charge in [-0.1, -0.05) is 36.9 Å². The number of carbonyl (C=O) groups excluding carboxylic acids is 1. The fraction of sp³-hybridized carbons (Fsp3) is 0.214. The number of benzene rings is 1. The van der Waals surface area contributed by atoms with Gasteiger partial charge >= 0.3 is 0 Å². The summed E-state index contributed by atoms with van der Waals surface area (Å²) < 4.78 is 11.1. The normalized spacial score (nSPS) is 25.2. The molecule has 1 aliphatic carbocycles. The van der Waals surface area contributed by atoms with E-state index in [1.54, 1.807) is 6.08 Å². The van der Waals surface area contributed by atoms with E-state index < -0.39 is 5.60 Å². The van der Waals surface area contributed by atoms with Crippen molar-refractivity contribution >= 4 is 5.78 Å². The Morgan fingerprint density at radius 3 is 2.94 bits per heavy atom. The third kappa shape index (κ3) is 1.43. The smallest absolute Gasteiger partial charge is 0.189 e. The van der Waals surface area contributed by atoms with Gasteiger partial charge in [0.15, 0.2) is 11.4 Å². The predicted molar refractivity (Wildman–Crippen MR) is 62.6 cm³/mol. The first kappa shape index (κ1) is 10.3. The Bertz CT molecular complexity index is 524. The van der Waals surface area contributed by atoms with E-state index in [0.717, 1.165) is 5.56 Å². The van der Waals surface area contributed by atoms with E-state index in [1.165, 1.54) is 6.08 Å². The summed E-state index contributed by atoms with van der Waals surface area (Å²) in [6, 6.07) is 7.51. The molecule has 1 spiro atoms. The Hall–Kier alpha value is -1.87. The molecule has 0 bridgehead atoms. The molecule has 1 unspecified atom stereocenters. The molecule has 1 aromatic rings. The van der Waals surface area contributed by atoms with E-state index in [9.17, 15) is 4.79 Å². The number of ether oxygens (including phenoxy) is 2. The van der Waals surface area contributed by atoms with Crippen molar-refractivity contribution in [2.75, 3.05) is 13.2 Å². The standard InChI is InChI=1S/C14H12O3/c1-2-7-16-13-8-12(15)10-5-3-4-6-11(10)14(13)9-17-14/h2-6,8H,1,7,9H2. The van der Waals surface area contributed by atoms with Crippen LogP contribution in [-0.4, -0.2) is 19.0 Å². The summed E-state index contributed by atoms with van der Waals surface area (Å²) in [7, 11) is 0. The first-order valence-corrected chi connectivity index (χ1v) is 5.51. The van der Waals surface area contributed by atoms with E-state index in [1.807, 2.05) is 24.3 Å². The van der Waals surface area contributed by atoms with Crippen LogP contribution in [0.25, 0.3) is 0 Å². The Morgan fingerprint density at radius 1 is 1.47 bits per heavy atom. The fourth-order valence-corrected chi connectivity index (χ4v) is 2.17. The quantitative estimate of drug-likeness (QED) is 0.588. The van der Waals surface area contributed by atoms with E-state index >= 15 is 0 Å². The number of hydrogen-bond donors (Lipinski definition) is 0. The van der Waals surface area contributed by atoms with Crippen LogP contribution < -0.4 is 0 Å². The van der Waals surface area contributed by atoms with Crippen LogP contribution in [0.1, 0.15) is 15.9 Å². The number of carbonyl (C=O) groups is 1. The van der Waals surface area contributed by atoms with Crippen molar-refractivity contribution in [3.05, 3.63) is 59.9 Å². The summed E-state index contributed by atoms with van der Waals surface area (Å²) in [6.45, 7) is 4.55. The van der Waals surface area contributed by atoms with Gasteiger partial charge in [0.05, 0.1) is 6.61 Å². The van der Waals surface area contributed by atoms with Gasteiger partial charge in [0.2, 0.25) is 0 Å². The third-order valence-corrected chi connectivity index (χ3v) is 3.08. The minimum Gasteiger partial charge on any atom is -0.490 e. The van der Waals surface area contributed by atoms with E-state index in [2.05, 4.69) is 6.58 Å². The molecule has 1 heterocycles. The first-order chi connectivity index (χ1) is 8.28. The van der Waals surface area contributed by atoms with Crippen LogP contribution in [0.4, 0.5) is 0 Å². The van der Waals surface area contributed by atoms with E-state index in [-0.39, 0.29) is 5.78 Å². The Balaban J connectivity index is 2.05. The molecule has 1 atom stereocenters. The SMILES string of the molecule is C=CCOC1=CC(=O)c2ccccc2C12CO2. The molecule has 1 aliphatic heterocycles. The van der Waals surface area contributed by atoms with Crippen LogP contribution >= 0.6 is 0 Å². The maximum absolute atomic E-state index is 11.9. The number of epoxide rings is 1. The average molecular weight is 228 g/mol. The van der Waals surface area contributed by atoms with Crippen LogP contribution in [0, 0.1) is 0 Å².